The van der Waals surface area contributed by atoms with Crippen LogP contribution < -0.4 is 5.32 Å². The monoisotopic (exact) mass is 222 g/mol. The molecule has 1 aromatic rings. The Balaban J connectivity index is 3.08. The molecule has 0 bridgehead atoms. The van der Waals surface area contributed by atoms with Gasteiger partial charge in [0.05, 0.1) is 5.02 Å². The van der Waals surface area contributed by atoms with Gasteiger partial charge < -0.3 is 5.32 Å². The summed E-state index contributed by atoms with van der Waals surface area (Å²) in [4.78, 5) is 14.1. The van der Waals surface area contributed by atoms with Crippen molar-refractivity contribution in [2.24, 2.45) is 0 Å². The fraction of sp³-hybridized carbons (Fsp3) is 0.143. The number of aromatic nitrogens is 1. The van der Waals surface area contributed by atoms with Crippen LogP contribution in [-0.4, -0.2) is 10.9 Å². The van der Waals surface area contributed by atoms with Crippen LogP contribution in [0, 0.1) is 5.82 Å². The van der Waals surface area contributed by atoms with Gasteiger partial charge in [-0.05, 0) is 6.07 Å². The number of carbonyl (C=O) groups excluding carboxylic acids is 1. The quantitative estimate of drug-likeness (QED) is 0.743. The molecule has 0 fully saturated rings. The molecule has 0 aliphatic heterocycles. The highest BCUT2D eigenvalue weighted by Crippen LogP contribution is 2.24. The van der Waals surface area contributed by atoms with Crippen molar-refractivity contribution in [3.63, 3.8) is 0 Å². The molecule has 0 radical (unpaired) electrons. The number of carbonyl (C=O) groups is 1. The van der Waals surface area contributed by atoms with Crippen molar-refractivity contribution in [2.45, 2.75) is 6.92 Å². The van der Waals surface area contributed by atoms with E-state index >= 15 is 0 Å². The van der Waals surface area contributed by atoms with E-state index in [2.05, 4.69) is 10.3 Å². The average molecular weight is 223 g/mol. The molecule has 0 aromatic carbocycles. The third-order valence-electron chi connectivity index (χ3n) is 1.18. The van der Waals surface area contributed by atoms with Crippen molar-refractivity contribution in [1.82, 2.24) is 4.98 Å². The smallest absolute Gasteiger partial charge is 0.222 e. The summed E-state index contributed by atoms with van der Waals surface area (Å²) in [7, 11) is 0. The summed E-state index contributed by atoms with van der Waals surface area (Å²) < 4.78 is 13.0. The van der Waals surface area contributed by atoms with Crippen LogP contribution in [0.5, 0.6) is 0 Å². The van der Waals surface area contributed by atoms with Crippen molar-refractivity contribution < 1.29 is 9.18 Å². The molecule has 1 amide bonds. The van der Waals surface area contributed by atoms with E-state index in [9.17, 15) is 9.18 Å². The van der Waals surface area contributed by atoms with Gasteiger partial charge in [-0.2, -0.15) is 0 Å². The Morgan fingerprint density at radius 3 is 2.77 bits per heavy atom. The lowest BCUT2D eigenvalue weighted by Crippen LogP contribution is -2.09. The summed E-state index contributed by atoms with van der Waals surface area (Å²) in [5, 5.41) is 2.13. The fourth-order valence-electron chi connectivity index (χ4n) is 0.699. The van der Waals surface area contributed by atoms with Gasteiger partial charge in [0.15, 0.2) is 11.6 Å². The predicted molar refractivity (Wildman–Crippen MR) is 48.5 cm³/mol. The first-order valence-electron chi connectivity index (χ1n) is 3.30. The molecule has 0 saturated heterocycles. The molecule has 1 heterocycles. The summed E-state index contributed by atoms with van der Waals surface area (Å²) in [6.45, 7) is 1.24. The topological polar surface area (TPSA) is 42.0 Å². The van der Waals surface area contributed by atoms with Gasteiger partial charge in [0, 0.05) is 6.92 Å². The molecule has 1 rings (SSSR count). The molecule has 3 nitrogen and oxygen atoms in total. The lowest BCUT2D eigenvalue weighted by molar-refractivity contribution is -0.114. The minimum absolute atomic E-state index is 0.00766. The Morgan fingerprint density at radius 2 is 2.23 bits per heavy atom. The summed E-state index contributed by atoms with van der Waals surface area (Å²) in [6.07, 6.45) is 0. The molecule has 1 aromatic heterocycles. The van der Waals surface area contributed by atoms with E-state index in [1.165, 1.54) is 6.92 Å². The van der Waals surface area contributed by atoms with E-state index in [0.717, 1.165) is 6.07 Å². The first kappa shape index (κ1) is 10.2. The van der Waals surface area contributed by atoms with E-state index in [1.54, 1.807) is 0 Å². The molecule has 0 spiro atoms. The largest absolute Gasteiger partial charge is 0.308 e. The van der Waals surface area contributed by atoms with E-state index in [4.69, 9.17) is 23.2 Å². The summed E-state index contributed by atoms with van der Waals surface area (Å²) in [6, 6.07) is 0.988. The molecular weight excluding hydrogens is 218 g/mol. The first-order valence-corrected chi connectivity index (χ1v) is 4.05. The minimum Gasteiger partial charge on any atom is -0.308 e. The van der Waals surface area contributed by atoms with Crippen LogP contribution in [0.4, 0.5) is 10.2 Å². The number of pyridine rings is 1. The number of nitrogens with zero attached hydrogens (tertiary/aromatic N) is 1. The molecule has 0 unspecified atom stereocenters. The Kier molecular flexibility index (Phi) is 3.06. The Labute approximate surface area is 83.9 Å². The number of anilines is 1. The SMILES string of the molecule is CC(=O)Nc1nc(Cl)c(Cl)cc1F. The zero-order valence-electron chi connectivity index (χ0n) is 6.57. The zero-order valence-corrected chi connectivity index (χ0v) is 8.08. The number of hydrogen-bond donors (Lipinski definition) is 1. The van der Waals surface area contributed by atoms with Crippen LogP contribution in [0.3, 0.4) is 0 Å². The highest BCUT2D eigenvalue weighted by molar-refractivity contribution is 6.41. The Bertz CT molecular complexity index is 357. The van der Waals surface area contributed by atoms with E-state index in [-0.39, 0.29) is 16.0 Å². The lowest BCUT2D eigenvalue weighted by Gasteiger charge is -2.03. The highest BCUT2D eigenvalue weighted by atomic mass is 35.5. The van der Waals surface area contributed by atoms with E-state index in [1.807, 2.05) is 0 Å². The van der Waals surface area contributed by atoms with Crippen LogP contribution in [0.2, 0.25) is 10.2 Å². The highest BCUT2D eigenvalue weighted by Gasteiger charge is 2.09. The maximum atomic E-state index is 13.0. The third-order valence-corrected chi connectivity index (χ3v) is 1.85. The van der Waals surface area contributed by atoms with Crippen LogP contribution in [0.15, 0.2) is 6.07 Å². The van der Waals surface area contributed by atoms with Gasteiger partial charge in [0.2, 0.25) is 5.91 Å². The van der Waals surface area contributed by atoms with Gasteiger partial charge in [-0.3, -0.25) is 4.79 Å². The molecule has 6 heteroatoms. The normalized spacial score (nSPS) is 9.85. The lowest BCUT2D eigenvalue weighted by atomic mass is 10.4. The Morgan fingerprint density at radius 1 is 1.62 bits per heavy atom. The van der Waals surface area contributed by atoms with Crippen LogP contribution in [0.25, 0.3) is 0 Å². The molecule has 1 N–H and O–H groups in total. The first-order chi connectivity index (χ1) is 6.00. The molecular formula is C7H5Cl2FN2O. The van der Waals surface area contributed by atoms with Crippen molar-refractivity contribution >= 4 is 34.9 Å². The van der Waals surface area contributed by atoms with Gasteiger partial charge in [-0.1, -0.05) is 23.2 Å². The third kappa shape index (κ3) is 2.54. The second kappa shape index (κ2) is 3.89. The van der Waals surface area contributed by atoms with Crippen LogP contribution >= 0.6 is 23.2 Å². The molecule has 0 atom stereocenters. The summed E-state index contributed by atoms with van der Waals surface area (Å²) in [5.74, 6) is -1.36. The number of nitrogens with one attached hydrogen (secondary N) is 1. The standard InChI is InChI=1S/C7H5Cl2FN2O/c1-3(13)11-7-5(10)2-4(8)6(9)12-7/h2H,1H3,(H,11,12,13). The molecule has 0 saturated carbocycles. The average Bonchev–Trinajstić information content (AvgIpc) is 1.99. The maximum absolute atomic E-state index is 13.0. The number of hydrogen-bond acceptors (Lipinski definition) is 2. The number of halogens is 3. The van der Waals surface area contributed by atoms with E-state index in [0.29, 0.717) is 0 Å². The Hall–Kier alpha value is -0.870. The van der Waals surface area contributed by atoms with Gasteiger partial charge in [0.25, 0.3) is 0 Å². The molecule has 0 aliphatic rings. The van der Waals surface area contributed by atoms with Gasteiger partial charge in [-0.25, -0.2) is 9.37 Å². The number of amides is 1. The van der Waals surface area contributed by atoms with Gasteiger partial charge >= 0.3 is 0 Å². The van der Waals surface area contributed by atoms with Crippen LogP contribution in [0.1, 0.15) is 6.92 Å². The maximum Gasteiger partial charge on any atom is 0.222 e. The van der Waals surface area contributed by atoms with Crippen LogP contribution in [-0.2, 0) is 4.79 Å². The van der Waals surface area contributed by atoms with Crippen molar-refractivity contribution in [3.8, 4) is 0 Å². The van der Waals surface area contributed by atoms with E-state index < -0.39 is 11.7 Å². The second-order valence-corrected chi connectivity index (χ2v) is 3.04. The van der Waals surface area contributed by atoms with Crippen molar-refractivity contribution in [1.29, 1.82) is 0 Å². The van der Waals surface area contributed by atoms with Gasteiger partial charge in [-0.15, -0.1) is 0 Å². The van der Waals surface area contributed by atoms with Gasteiger partial charge in [0.1, 0.15) is 5.15 Å². The predicted octanol–water partition coefficient (Wildman–Crippen LogP) is 2.49. The molecule has 13 heavy (non-hydrogen) atoms. The van der Waals surface area contributed by atoms with Crippen molar-refractivity contribution in [2.75, 3.05) is 5.32 Å². The molecule has 0 aliphatic carbocycles. The van der Waals surface area contributed by atoms with Crippen molar-refractivity contribution in [3.05, 3.63) is 22.1 Å². The number of rotatable bonds is 1. The second-order valence-electron chi connectivity index (χ2n) is 2.27. The fourth-order valence-corrected chi connectivity index (χ4v) is 0.976. The summed E-state index contributed by atoms with van der Waals surface area (Å²) in [5.41, 5.74) is 0. The molecule has 70 valence electrons. The zero-order chi connectivity index (χ0) is 10.0. The summed E-state index contributed by atoms with van der Waals surface area (Å²) >= 11 is 11.0. The minimum atomic E-state index is -0.718.